The van der Waals surface area contributed by atoms with Crippen molar-refractivity contribution in [2.75, 3.05) is 19.1 Å². The Morgan fingerprint density at radius 3 is 2.43 bits per heavy atom. The number of aliphatic hydroxyl groups excluding tert-OH is 1. The average Bonchev–Trinajstić information content (AvgIpc) is 3.18. The maximum absolute atomic E-state index is 13.5. The van der Waals surface area contributed by atoms with Crippen LogP contribution in [0.4, 0.5) is 5.69 Å². The van der Waals surface area contributed by atoms with Gasteiger partial charge in [0.2, 0.25) is 0 Å². The highest BCUT2D eigenvalue weighted by molar-refractivity contribution is 6.52. The van der Waals surface area contributed by atoms with E-state index in [2.05, 4.69) is 4.98 Å². The number of Topliss-reactive ketones (excluding diaryl/α,β-unsaturated/α-hetero) is 1. The zero-order valence-corrected chi connectivity index (χ0v) is 19.1. The molecule has 3 aromatic carbocycles. The molecule has 0 aliphatic carbocycles. The molecular formula is C28H22N2O5. The van der Waals surface area contributed by atoms with Crippen LogP contribution in [0.5, 0.6) is 11.5 Å². The fourth-order valence-corrected chi connectivity index (χ4v) is 4.46. The molecule has 0 saturated carbocycles. The number of aromatic nitrogens is 1. The number of amides is 1. The van der Waals surface area contributed by atoms with Crippen LogP contribution in [0.2, 0.25) is 0 Å². The lowest BCUT2D eigenvalue weighted by Gasteiger charge is -2.26. The first-order valence-electron chi connectivity index (χ1n) is 11.0. The molecule has 7 heteroatoms. The molecule has 1 unspecified atom stereocenters. The van der Waals surface area contributed by atoms with Gasteiger partial charge in [0, 0.05) is 11.6 Å². The molecule has 174 valence electrons. The van der Waals surface area contributed by atoms with Crippen LogP contribution in [0, 0.1) is 0 Å². The Bertz CT molecular complexity index is 1470. The predicted octanol–water partition coefficient (Wildman–Crippen LogP) is 4.88. The second-order valence-electron chi connectivity index (χ2n) is 7.99. The van der Waals surface area contributed by atoms with Gasteiger partial charge < -0.3 is 14.6 Å². The number of carbonyl (C=O) groups is 2. The maximum Gasteiger partial charge on any atom is 0.300 e. The minimum Gasteiger partial charge on any atom is -0.507 e. The number of anilines is 1. The molecule has 1 aliphatic rings. The van der Waals surface area contributed by atoms with Gasteiger partial charge in [-0.3, -0.25) is 19.5 Å². The largest absolute Gasteiger partial charge is 0.507 e. The molecule has 1 aromatic heterocycles. The van der Waals surface area contributed by atoms with Gasteiger partial charge in [0.15, 0.2) is 0 Å². The topological polar surface area (TPSA) is 89.0 Å². The lowest BCUT2D eigenvalue weighted by molar-refractivity contribution is -0.132. The highest BCUT2D eigenvalue weighted by Gasteiger charge is 2.48. The number of fused-ring (bicyclic) bond motifs is 1. The van der Waals surface area contributed by atoms with Crippen molar-refractivity contribution < 1.29 is 24.2 Å². The van der Waals surface area contributed by atoms with Crippen molar-refractivity contribution in [2.45, 2.75) is 6.04 Å². The summed E-state index contributed by atoms with van der Waals surface area (Å²) in [5.74, 6) is -1.13. The van der Waals surface area contributed by atoms with Gasteiger partial charge in [-0.25, -0.2) is 0 Å². The van der Waals surface area contributed by atoms with Crippen LogP contribution in [-0.2, 0) is 9.59 Å². The average molecular weight is 466 g/mol. The summed E-state index contributed by atoms with van der Waals surface area (Å²) in [6.45, 7) is 0. The second kappa shape index (κ2) is 8.95. The Hall–Kier alpha value is -4.65. The number of ether oxygens (including phenoxy) is 2. The first-order chi connectivity index (χ1) is 17.0. The van der Waals surface area contributed by atoms with Crippen molar-refractivity contribution in [3.8, 4) is 11.5 Å². The zero-order valence-electron chi connectivity index (χ0n) is 19.1. The Kier molecular flexibility index (Phi) is 5.66. The molecule has 0 spiro atoms. The number of hydrogen-bond donors (Lipinski definition) is 1. The van der Waals surface area contributed by atoms with Crippen molar-refractivity contribution >= 4 is 33.9 Å². The van der Waals surface area contributed by atoms with Gasteiger partial charge in [0.25, 0.3) is 11.7 Å². The van der Waals surface area contributed by atoms with Crippen molar-refractivity contribution in [3.63, 3.8) is 0 Å². The molecule has 1 fully saturated rings. The Labute approximate surface area is 201 Å². The van der Waals surface area contributed by atoms with Crippen molar-refractivity contribution in [1.82, 2.24) is 4.98 Å². The van der Waals surface area contributed by atoms with Gasteiger partial charge >= 0.3 is 0 Å². The zero-order chi connectivity index (χ0) is 24.5. The number of ketones is 1. The Balaban J connectivity index is 1.79. The molecular weight excluding hydrogens is 444 g/mol. The van der Waals surface area contributed by atoms with Gasteiger partial charge in [0.05, 0.1) is 36.7 Å². The van der Waals surface area contributed by atoms with Crippen molar-refractivity contribution in [1.29, 1.82) is 0 Å². The molecule has 1 atom stereocenters. The van der Waals surface area contributed by atoms with Crippen LogP contribution >= 0.6 is 0 Å². The third kappa shape index (κ3) is 3.67. The smallest absolute Gasteiger partial charge is 0.300 e. The molecule has 7 nitrogen and oxygen atoms in total. The number of hydrogen-bond acceptors (Lipinski definition) is 6. The second-order valence-corrected chi connectivity index (χ2v) is 7.99. The number of rotatable bonds is 5. The maximum atomic E-state index is 13.5. The van der Waals surface area contributed by atoms with E-state index in [4.69, 9.17) is 9.47 Å². The monoisotopic (exact) mass is 466 g/mol. The third-order valence-electron chi connectivity index (χ3n) is 6.10. The van der Waals surface area contributed by atoms with Crippen LogP contribution < -0.4 is 14.4 Å². The lowest BCUT2D eigenvalue weighted by atomic mass is 9.97. The highest BCUT2D eigenvalue weighted by atomic mass is 16.5. The number of aliphatic hydroxyl groups is 1. The molecule has 4 aromatic rings. The van der Waals surface area contributed by atoms with Crippen LogP contribution in [-0.4, -0.2) is 36.0 Å². The molecule has 0 bridgehead atoms. The minimum atomic E-state index is -0.946. The van der Waals surface area contributed by atoms with Gasteiger partial charge in [-0.15, -0.1) is 0 Å². The molecule has 1 saturated heterocycles. The summed E-state index contributed by atoms with van der Waals surface area (Å²) in [5.41, 5.74) is 1.16. The first-order valence-corrected chi connectivity index (χ1v) is 11.0. The highest BCUT2D eigenvalue weighted by Crippen LogP contribution is 2.44. The fourth-order valence-electron chi connectivity index (χ4n) is 4.46. The number of pyridine rings is 1. The lowest BCUT2D eigenvalue weighted by Crippen LogP contribution is -2.30. The van der Waals surface area contributed by atoms with Crippen molar-refractivity contribution in [2.24, 2.45) is 0 Å². The van der Waals surface area contributed by atoms with Gasteiger partial charge in [-0.1, -0.05) is 42.5 Å². The van der Waals surface area contributed by atoms with Crippen molar-refractivity contribution in [3.05, 3.63) is 102 Å². The molecule has 5 rings (SSSR count). The van der Waals surface area contributed by atoms with E-state index in [1.807, 2.05) is 36.4 Å². The standard InChI is InChI=1S/C28H22N2O5/c1-34-18-13-14-23(35-2)20(16-18)26(31)24-25(21-11-5-6-15-29-21)30(28(33)27(24)32)22-12-7-9-17-8-3-4-10-19(17)22/h3-16,25,31H,1-2H3/b26-24+. The van der Waals surface area contributed by atoms with E-state index in [9.17, 15) is 14.7 Å². The summed E-state index contributed by atoms with van der Waals surface area (Å²) < 4.78 is 10.7. The molecule has 1 N–H and O–H groups in total. The predicted molar refractivity (Wildman–Crippen MR) is 133 cm³/mol. The normalized spacial score (nSPS) is 17.1. The quantitative estimate of drug-likeness (QED) is 0.256. The summed E-state index contributed by atoms with van der Waals surface area (Å²) in [6.07, 6.45) is 1.59. The summed E-state index contributed by atoms with van der Waals surface area (Å²) in [6, 6.07) is 22.3. The first kappa shape index (κ1) is 22.2. The summed E-state index contributed by atoms with van der Waals surface area (Å²) in [4.78, 5) is 32.8. The van der Waals surface area contributed by atoms with Crippen LogP contribution in [0.25, 0.3) is 16.5 Å². The number of nitrogens with zero attached hydrogens (tertiary/aromatic N) is 2. The van der Waals surface area contributed by atoms with E-state index in [-0.39, 0.29) is 16.9 Å². The van der Waals surface area contributed by atoms with Gasteiger partial charge in [-0.2, -0.15) is 0 Å². The van der Waals surface area contributed by atoms with E-state index in [1.54, 1.807) is 48.7 Å². The van der Waals surface area contributed by atoms with Crippen LogP contribution in [0.3, 0.4) is 0 Å². The van der Waals surface area contributed by atoms with Gasteiger partial charge in [-0.05, 0) is 41.8 Å². The number of benzene rings is 3. The Morgan fingerprint density at radius 1 is 0.914 bits per heavy atom. The number of methoxy groups -OCH3 is 2. The fraction of sp³-hybridized carbons (Fsp3) is 0.107. The molecule has 2 heterocycles. The molecule has 1 aliphatic heterocycles. The van der Waals surface area contributed by atoms with Crippen LogP contribution in [0.15, 0.2) is 90.6 Å². The van der Waals surface area contributed by atoms with E-state index >= 15 is 0 Å². The summed E-state index contributed by atoms with van der Waals surface area (Å²) in [7, 11) is 2.96. The van der Waals surface area contributed by atoms with Gasteiger partial charge in [0.1, 0.15) is 23.3 Å². The minimum absolute atomic E-state index is 0.0758. The summed E-state index contributed by atoms with van der Waals surface area (Å²) in [5, 5.41) is 13.2. The van der Waals surface area contributed by atoms with E-state index < -0.39 is 17.7 Å². The third-order valence-corrected chi connectivity index (χ3v) is 6.10. The number of carbonyl (C=O) groups excluding carboxylic acids is 2. The molecule has 1 amide bonds. The van der Waals surface area contributed by atoms with E-state index in [0.29, 0.717) is 22.9 Å². The van der Waals surface area contributed by atoms with E-state index in [1.165, 1.54) is 19.1 Å². The molecule has 35 heavy (non-hydrogen) atoms. The summed E-state index contributed by atoms with van der Waals surface area (Å²) >= 11 is 0. The Morgan fingerprint density at radius 2 is 1.69 bits per heavy atom. The molecule has 0 radical (unpaired) electrons. The SMILES string of the molecule is COc1ccc(OC)c(/C(O)=C2\C(=O)C(=O)N(c3cccc4ccccc34)C2c2ccccn2)c1. The van der Waals surface area contributed by atoms with E-state index in [0.717, 1.165) is 10.8 Å². The van der Waals surface area contributed by atoms with Crippen LogP contribution in [0.1, 0.15) is 17.3 Å².